The van der Waals surface area contributed by atoms with E-state index >= 15 is 0 Å². The van der Waals surface area contributed by atoms with E-state index in [-0.39, 0.29) is 17.7 Å². The maximum atomic E-state index is 12.9. The van der Waals surface area contributed by atoms with E-state index in [1.54, 1.807) is 13.3 Å². The third kappa shape index (κ3) is 4.97. The van der Waals surface area contributed by atoms with Gasteiger partial charge in [-0.05, 0) is 48.9 Å². The number of hydrogen-bond donors (Lipinski definition) is 1. The Bertz CT molecular complexity index is 1120. The van der Waals surface area contributed by atoms with Gasteiger partial charge in [0.05, 0.1) is 24.6 Å². The van der Waals surface area contributed by atoms with Crippen molar-refractivity contribution < 1.29 is 9.53 Å². The molecule has 2 aromatic heterocycles. The van der Waals surface area contributed by atoms with Crippen molar-refractivity contribution in [2.24, 2.45) is 0 Å². The number of hydrogen-bond acceptors (Lipinski definition) is 6. The van der Waals surface area contributed by atoms with Crippen molar-refractivity contribution in [3.8, 4) is 11.4 Å². The molecule has 32 heavy (non-hydrogen) atoms. The molecule has 7 nitrogen and oxygen atoms in total. The molecule has 0 fully saturated rings. The van der Waals surface area contributed by atoms with Crippen molar-refractivity contribution in [2.45, 2.75) is 18.1 Å². The summed E-state index contributed by atoms with van der Waals surface area (Å²) in [7, 11) is 1.63. The number of thioether (sulfide) groups is 1. The van der Waals surface area contributed by atoms with Crippen molar-refractivity contribution >= 4 is 17.7 Å². The fourth-order valence-electron chi connectivity index (χ4n) is 3.32. The van der Waals surface area contributed by atoms with Crippen LogP contribution in [0.1, 0.15) is 23.1 Å². The summed E-state index contributed by atoms with van der Waals surface area (Å²) in [6.07, 6.45) is 1.73. The first-order valence-electron chi connectivity index (χ1n) is 10.1. The van der Waals surface area contributed by atoms with Crippen molar-refractivity contribution in [1.29, 1.82) is 0 Å². The van der Waals surface area contributed by atoms with Crippen LogP contribution in [0.4, 0.5) is 0 Å². The van der Waals surface area contributed by atoms with Gasteiger partial charge in [-0.1, -0.05) is 48.2 Å². The number of pyridine rings is 1. The van der Waals surface area contributed by atoms with E-state index in [9.17, 15) is 4.79 Å². The number of rotatable bonds is 8. The van der Waals surface area contributed by atoms with E-state index in [0.29, 0.717) is 5.16 Å². The first kappa shape index (κ1) is 21.6. The predicted octanol–water partition coefficient (Wildman–Crippen LogP) is 3.98. The molecular weight excluding hydrogens is 422 g/mol. The van der Waals surface area contributed by atoms with Crippen LogP contribution in [0.3, 0.4) is 0 Å². The molecule has 0 saturated heterocycles. The molecule has 1 N–H and O–H groups in total. The molecular formula is C24H23N5O2S. The van der Waals surface area contributed by atoms with E-state index < -0.39 is 0 Å². The molecule has 0 bridgehead atoms. The number of carbonyl (C=O) groups excluding carboxylic acids is 1. The van der Waals surface area contributed by atoms with E-state index in [1.807, 2.05) is 84.3 Å². The standard InChI is InChI=1S/C24H23N5O2S/c1-17-27-28-24(29(17)19-11-13-20(31-2)14-12-19)32-16-22(30)26-23(18-8-4-3-5-9-18)21-10-6-7-15-25-21/h3-15,23H,16H2,1-2H3,(H,26,30). The zero-order valence-electron chi connectivity index (χ0n) is 17.8. The molecule has 1 amide bonds. The van der Waals surface area contributed by atoms with Crippen molar-refractivity contribution in [2.75, 3.05) is 12.9 Å². The van der Waals surface area contributed by atoms with Crippen LogP contribution >= 0.6 is 11.8 Å². The molecule has 2 aromatic carbocycles. The number of amides is 1. The predicted molar refractivity (Wildman–Crippen MR) is 124 cm³/mol. The highest BCUT2D eigenvalue weighted by Crippen LogP contribution is 2.24. The lowest BCUT2D eigenvalue weighted by atomic mass is 10.0. The van der Waals surface area contributed by atoms with E-state index in [0.717, 1.165) is 28.5 Å². The molecule has 0 aliphatic heterocycles. The third-order valence-electron chi connectivity index (χ3n) is 4.88. The Morgan fingerprint density at radius 3 is 2.47 bits per heavy atom. The maximum Gasteiger partial charge on any atom is 0.231 e. The van der Waals surface area contributed by atoms with Gasteiger partial charge in [0.25, 0.3) is 0 Å². The third-order valence-corrected chi connectivity index (χ3v) is 5.81. The maximum absolute atomic E-state index is 12.9. The normalized spacial score (nSPS) is 11.7. The lowest BCUT2D eigenvalue weighted by Gasteiger charge is -2.18. The average molecular weight is 446 g/mol. The molecule has 0 aliphatic carbocycles. The number of nitrogens with one attached hydrogen (secondary N) is 1. The quantitative estimate of drug-likeness (QED) is 0.413. The molecule has 162 valence electrons. The number of aryl methyl sites for hydroxylation is 1. The number of aromatic nitrogens is 4. The first-order valence-corrected chi connectivity index (χ1v) is 11.1. The zero-order chi connectivity index (χ0) is 22.3. The van der Waals surface area contributed by atoms with E-state index in [2.05, 4.69) is 20.5 Å². The lowest BCUT2D eigenvalue weighted by molar-refractivity contribution is -0.119. The number of ether oxygens (including phenoxy) is 1. The van der Waals surface area contributed by atoms with Gasteiger partial charge >= 0.3 is 0 Å². The average Bonchev–Trinajstić information content (AvgIpc) is 3.22. The first-order chi connectivity index (χ1) is 15.7. The Balaban J connectivity index is 1.49. The lowest BCUT2D eigenvalue weighted by Crippen LogP contribution is -2.31. The van der Waals surface area contributed by atoms with E-state index in [4.69, 9.17) is 4.74 Å². The molecule has 2 heterocycles. The summed E-state index contributed by atoms with van der Waals surface area (Å²) < 4.78 is 7.15. The Morgan fingerprint density at radius 2 is 1.78 bits per heavy atom. The van der Waals surface area contributed by atoms with Crippen LogP contribution in [0, 0.1) is 6.92 Å². The van der Waals surface area contributed by atoms with E-state index in [1.165, 1.54) is 11.8 Å². The summed E-state index contributed by atoms with van der Waals surface area (Å²) in [4.78, 5) is 17.3. The van der Waals surface area contributed by atoms with Crippen LogP contribution in [0.15, 0.2) is 84.1 Å². The molecule has 0 aliphatic rings. The van der Waals surface area contributed by atoms with Gasteiger partial charge in [0.15, 0.2) is 5.16 Å². The van der Waals surface area contributed by atoms with Gasteiger partial charge in [0.1, 0.15) is 11.6 Å². The fraction of sp³-hybridized carbons (Fsp3) is 0.167. The van der Waals surface area contributed by atoms with Gasteiger partial charge in [-0.2, -0.15) is 0 Å². The van der Waals surface area contributed by atoms with Crippen molar-refractivity contribution in [3.63, 3.8) is 0 Å². The van der Waals surface area contributed by atoms with Crippen LogP contribution < -0.4 is 10.1 Å². The van der Waals surface area contributed by atoms with Gasteiger partial charge in [-0.3, -0.25) is 14.3 Å². The second-order valence-corrected chi connectivity index (χ2v) is 7.96. The minimum absolute atomic E-state index is 0.114. The SMILES string of the molecule is COc1ccc(-n2c(C)nnc2SCC(=O)NC(c2ccccc2)c2ccccn2)cc1. The highest BCUT2D eigenvalue weighted by Gasteiger charge is 2.19. The molecule has 1 unspecified atom stereocenters. The van der Waals surface area contributed by atoms with Crippen LogP contribution in [-0.4, -0.2) is 38.5 Å². The summed E-state index contributed by atoms with van der Waals surface area (Å²) >= 11 is 1.34. The second kappa shape index (κ2) is 10.1. The summed E-state index contributed by atoms with van der Waals surface area (Å²) in [5, 5.41) is 12.2. The van der Waals surface area contributed by atoms with Gasteiger partial charge in [-0.15, -0.1) is 10.2 Å². The van der Waals surface area contributed by atoms with Gasteiger partial charge < -0.3 is 10.1 Å². The monoisotopic (exact) mass is 445 g/mol. The minimum atomic E-state index is -0.327. The summed E-state index contributed by atoms with van der Waals surface area (Å²) in [6.45, 7) is 1.88. The van der Waals surface area contributed by atoms with Gasteiger partial charge in [0.2, 0.25) is 5.91 Å². The van der Waals surface area contributed by atoms with Crippen LogP contribution in [0.25, 0.3) is 5.69 Å². The molecule has 4 rings (SSSR count). The van der Waals surface area contributed by atoms with Gasteiger partial charge in [0, 0.05) is 11.9 Å². The highest BCUT2D eigenvalue weighted by molar-refractivity contribution is 7.99. The summed E-state index contributed by atoms with van der Waals surface area (Å²) in [5.41, 5.74) is 2.67. The number of methoxy groups -OCH3 is 1. The van der Waals surface area contributed by atoms with Crippen molar-refractivity contribution in [1.82, 2.24) is 25.1 Å². The molecule has 0 saturated carbocycles. The largest absolute Gasteiger partial charge is 0.497 e. The minimum Gasteiger partial charge on any atom is -0.497 e. The van der Waals surface area contributed by atoms with Crippen LogP contribution in [-0.2, 0) is 4.79 Å². The molecule has 4 aromatic rings. The Kier molecular flexibility index (Phi) is 6.81. The Morgan fingerprint density at radius 1 is 1.03 bits per heavy atom. The fourth-order valence-corrected chi connectivity index (χ4v) is 4.13. The number of carbonyl (C=O) groups is 1. The Labute approximate surface area is 190 Å². The topological polar surface area (TPSA) is 81.9 Å². The second-order valence-electron chi connectivity index (χ2n) is 7.02. The van der Waals surface area contributed by atoms with Crippen molar-refractivity contribution in [3.05, 3.63) is 96.1 Å². The molecule has 8 heteroatoms. The van der Waals surface area contributed by atoms with Crippen LogP contribution in [0.2, 0.25) is 0 Å². The highest BCUT2D eigenvalue weighted by atomic mass is 32.2. The molecule has 1 atom stereocenters. The molecule has 0 radical (unpaired) electrons. The Hall–Kier alpha value is -3.65. The smallest absolute Gasteiger partial charge is 0.231 e. The zero-order valence-corrected chi connectivity index (χ0v) is 18.6. The van der Waals surface area contributed by atoms with Crippen LogP contribution in [0.5, 0.6) is 5.75 Å². The number of nitrogens with zero attached hydrogens (tertiary/aromatic N) is 4. The molecule has 0 spiro atoms. The summed E-state index contributed by atoms with van der Waals surface area (Å²) in [6, 6.07) is 22.8. The summed E-state index contributed by atoms with van der Waals surface area (Å²) in [5.74, 6) is 1.60. The van der Waals surface area contributed by atoms with Gasteiger partial charge in [-0.25, -0.2) is 0 Å². The number of benzene rings is 2.